The average molecular weight is 362 g/mol. The van der Waals surface area contributed by atoms with E-state index in [-0.39, 0.29) is 23.9 Å². The molecule has 3 rings (SSSR count). The lowest BCUT2D eigenvalue weighted by Gasteiger charge is -2.24. The normalized spacial score (nSPS) is 13.4. The molecule has 0 bridgehead atoms. The second-order valence-electron chi connectivity index (χ2n) is 7.16. The van der Waals surface area contributed by atoms with Crippen LogP contribution >= 0.6 is 0 Å². The Morgan fingerprint density at radius 3 is 2.41 bits per heavy atom. The largest absolute Gasteiger partial charge is 0.343 e. The molecule has 0 fully saturated rings. The van der Waals surface area contributed by atoms with Crippen LogP contribution in [-0.2, 0) is 4.79 Å². The molecule has 27 heavy (non-hydrogen) atoms. The summed E-state index contributed by atoms with van der Waals surface area (Å²) in [4.78, 5) is 21.7. The van der Waals surface area contributed by atoms with Crippen LogP contribution in [0.15, 0.2) is 61.2 Å². The van der Waals surface area contributed by atoms with Gasteiger partial charge in [-0.3, -0.25) is 9.78 Å². The molecule has 5 heteroatoms. The zero-order valence-corrected chi connectivity index (χ0v) is 16.3. The van der Waals surface area contributed by atoms with Crippen molar-refractivity contribution in [2.45, 2.75) is 45.7 Å². The maximum atomic E-state index is 13.1. The summed E-state index contributed by atoms with van der Waals surface area (Å²) in [6.45, 7) is 8.11. The van der Waals surface area contributed by atoms with Gasteiger partial charge in [0.15, 0.2) is 0 Å². The van der Waals surface area contributed by atoms with E-state index in [0.717, 1.165) is 17.0 Å². The number of hydrogen-bond acceptors (Lipinski definition) is 3. The van der Waals surface area contributed by atoms with Crippen LogP contribution in [0, 0.1) is 6.92 Å². The van der Waals surface area contributed by atoms with E-state index >= 15 is 0 Å². The highest BCUT2D eigenvalue weighted by Gasteiger charge is 2.23. The zero-order chi connectivity index (χ0) is 19.4. The lowest BCUT2D eigenvalue weighted by Crippen LogP contribution is -2.35. The van der Waals surface area contributed by atoms with Gasteiger partial charge in [0.25, 0.3) is 0 Å². The average Bonchev–Trinajstić information content (AvgIpc) is 3.17. The van der Waals surface area contributed by atoms with Gasteiger partial charge in [-0.2, -0.15) is 0 Å². The molecule has 0 aliphatic rings. The van der Waals surface area contributed by atoms with Crippen LogP contribution in [0.3, 0.4) is 0 Å². The number of amides is 1. The number of aromatic nitrogens is 3. The first-order valence-corrected chi connectivity index (χ1v) is 9.27. The van der Waals surface area contributed by atoms with Gasteiger partial charge in [-0.25, -0.2) is 4.98 Å². The highest BCUT2D eigenvalue weighted by molar-refractivity contribution is 5.81. The molecule has 1 amide bonds. The fourth-order valence-corrected chi connectivity index (χ4v) is 3.15. The van der Waals surface area contributed by atoms with Gasteiger partial charge in [0.05, 0.1) is 6.04 Å². The first-order chi connectivity index (χ1) is 13.0. The summed E-state index contributed by atoms with van der Waals surface area (Å²) in [5.74, 6) is 1.11. The summed E-state index contributed by atoms with van der Waals surface area (Å²) in [6.07, 6.45) is 7.15. The maximum absolute atomic E-state index is 13.1. The van der Waals surface area contributed by atoms with Gasteiger partial charge < -0.3 is 9.88 Å². The number of aryl methyl sites for hydroxylation is 1. The number of nitrogens with zero attached hydrogens (tertiary/aromatic N) is 3. The Morgan fingerprint density at radius 1 is 1.04 bits per heavy atom. The van der Waals surface area contributed by atoms with Gasteiger partial charge in [0.2, 0.25) is 5.91 Å². The van der Waals surface area contributed by atoms with Gasteiger partial charge in [-0.1, -0.05) is 49.7 Å². The molecule has 2 aromatic heterocycles. The van der Waals surface area contributed by atoms with Crippen molar-refractivity contribution in [1.82, 2.24) is 19.9 Å². The van der Waals surface area contributed by atoms with Crippen molar-refractivity contribution >= 4 is 5.91 Å². The second-order valence-corrected chi connectivity index (χ2v) is 7.16. The third-order valence-electron chi connectivity index (χ3n) is 4.73. The Kier molecular flexibility index (Phi) is 5.69. The van der Waals surface area contributed by atoms with E-state index in [1.807, 2.05) is 29.8 Å². The number of rotatable bonds is 6. The smallest absolute Gasteiger partial charge is 0.243 e. The quantitative estimate of drug-likeness (QED) is 0.716. The van der Waals surface area contributed by atoms with Gasteiger partial charge >= 0.3 is 0 Å². The Labute approximate surface area is 160 Å². The molecule has 1 N–H and O–H groups in total. The minimum absolute atomic E-state index is 0.0515. The molecule has 0 aliphatic heterocycles. The number of benzene rings is 1. The topological polar surface area (TPSA) is 59.8 Å². The van der Waals surface area contributed by atoms with E-state index < -0.39 is 0 Å². The summed E-state index contributed by atoms with van der Waals surface area (Å²) in [7, 11) is 0. The second kappa shape index (κ2) is 8.16. The van der Waals surface area contributed by atoms with Crippen molar-refractivity contribution in [3.05, 3.63) is 83.7 Å². The molecular weight excluding hydrogens is 336 g/mol. The maximum Gasteiger partial charge on any atom is 0.243 e. The predicted octanol–water partition coefficient (Wildman–Crippen LogP) is 4.18. The SMILES string of the molecule is Cc1ccc([C@@H](NC(=O)[C@H](C)n2ccnc2C(C)C)c2cccnc2)cc1. The van der Waals surface area contributed by atoms with E-state index in [1.54, 1.807) is 18.6 Å². The minimum Gasteiger partial charge on any atom is -0.343 e. The van der Waals surface area contributed by atoms with Gasteiger partial charge in [-0.05, 0) is 31.0 Å². The lowest BCUT2D eigenvalue weighted by molar-refractivity contribution is -0.124. The number of hydrogen-bond donors (Lipinski definition) is 1. The number of carbonyl (C=O) groups is 1. The van der Waals surface area contributed by atoms with Crippen molar-refractivity contribution in [2.24, 2.45) is 0 Å². The van der Waals surface area contributed by atoms with Crippen LogP contribution in [0.2, 0.25) is 0 Å². The van der Waals surface area contributed by atoms with Gasteiger partial charge in [0.1, 0.15) is 11.9 Å². The van der Waals surface area contributed by atoms with E-state index in [1.165, 1.54) is 5.56 Å². The number of imidazole rings is 1. The molecule has 1 aromatic carbocycles. The lowest BCUT2D eigenvalue weighted by atomic mass is 9.98. The molecule has 140 valence electrons. The van der Waals surface area contributed by atoms with Crippen molar-refractivity contribution in [3.8, 4) is 0 Å². The van der Waals surface area contributed by atoms with Crippen LogP contribution in [0.4, 0.5) is 0 Å². The highest BCUT2D eigenvalue weighted by Crippen LogP contribution is 2.24. The fourth-order valence-electron chi connectivity index (χ4n) is 3.15. The van der Waals surface area contributed by atoms with Crippen LogP contribution in [0.1, 0.15) is 61.3 Å². The molecule has 0 saturated heterocycles. The molecule has 2 atom stereocenters. The van der Waals surface area contributed by atoms with E-state index in [4.69, 9.17) is 0 Å². The monoisotopic (exact) mass is 362 g/mol. The van der Waals surface area contributed by atoms with Crippen molar-refractivity contribution < 1.29 is 4.79 Å². The fraction of sp³-hybridized carbons (Fsp3) is 0.318. The van der Waals surface area contributed by atoms with E-state index in [0.29, 0.717) is 0 Å². The van der Waals surface area contributed by atoms with Gasteiger partial charge in [-0.15, -0.1) is 0 Å². The Balaban J connectivity index is 1.88. The summed E-state index contributed by atoms with van der Waals surface area (Å²) >= 11 is 0. The summed E-state index contributed by atoms with van der Waals surface area (Å²) in [5, 5.41) is 3.20. The molecule has 0 radical (unpaired) electrons. The predicted molar refractivity (Wildman–Crippen MR) is 106 cm³/mol. The Morgan fingerprint density at radius 2 is 1.78 bits per heavy atom. The molecule has 5 nitrogen and oxygen atoms in total. The molecule has 3 aromatic rings. The summed E-state index contributed by atoms with van der Waals surface area (Å²) < 4.78 is 1.94. The molecular formula is C22H26N4O. The molecule has 0 aliphatic carbocycles. The van der Waals surface area contributed by atoms with E-state index in [2.05, 4.69) is 60.3 Å². The third-order valence-corrected chi connectivity index (χ3v) is 4.73. The van der Waals surface area contributed by atoms with Crippen molar-refractivity contribution in [3.63, 3.8) is 0 Å². The first-order valence-electron chi connectivity index (χ1n) is 9.27. The minimum atomic E-state index is -0.352. The summed E-state index contributed by atoms with van der Waals surface area (Å²) in [5.41, 5.74) is 3.17. The summed E-state index contributed by atoms with van der Waals surface area (Å²) in [6, 6.07) is 11.5. The molecule has 0 unspecified atom stereocenters. The van der Waals surface area contributed by atoms with Crippen LogP contribution in [-0.4, -0.2) is 20.4 Å². The van der Waals surface area contributed by atoms with Crippen LogP contribution in [0.25, 0.3) is 0 Å². The third kappa shape index (κ3) is 4.25. The standard InChI is InChI=1S/C22H26N4O/c1-15(2)21-24-12-13-26(21)17(4)22(27)25-20(19-6-5-11-23-14-19)18-9-7-16(3)8-10-18/h5-15,17,20H,1-4H3,(H,25,27)/t17-,20+/m0/s1. The number of nitrogens with one attached hydrogen (secondary N) is 1. The van der Waals surface area contributed by atoms with Crippen molar-refractivity contribution in [1.29, 1.82) is 0 Å². The van der Waals surface area contributed by atoms with Crippen molar-refractivity contribution in [2.75, 3.05) is 0 Å². The van der Waals surface area contributed by atoms with Crippen LogP contribution < -0.4 is 5.32 Å². The molecule has 2 heterocycles. The Hall–Kier alpha value is -2.95. The highest BCUT2D eigenvalue weighted by atomic mass is 16.2. The Bertz CT molecular complexity index is 884. The molecule has 0 saturated carbocycles. The van der Waals surface area contributed by atoms with Gasteiger partial charge in [0, 0.05) is 30.7 Å². The van der Waals surface area contributed by atoms with Crippen LogP contribution in [0.5, 0.6) is 0 Å². The number of carbonyl (C=O) groups excluding carboxylic acids is 1. The first kappa shape index (κ1) is 18.8. The number of pyridine rings is 1. The molecule has 0 spiro atoms. The van der Waals surface area contributed by atoms with E-state index in [9.17, 15) is 4.79 Å². The zero-order valence-electron chi connectivity index (χ0n) is 16.3.